The summed E-state index contributed by atoms with van der Waals surface area (Å²) < 4.78 is 36.7. The van der Waals surface area contributed by atoms with Crippen LogP contribution in [0.4, 0.5) is 0 Å². The lowest BCUT2D eigenvalue weighted by atomic mass is 9.86. The van der Waals surface area contributed by atoms with Gasteiger partial charge in [-0.2, -0.15) is 0 Å². The number of hydrogen-bond donors (Lipinski definition) is 1. The van der Waals surface area contributed by atoms with Crippen molar-refractivity contribution in [2.45, 2.75) is 12.5 Å². The SMILES string of the molecule is [2H]c1c([2H])c(C(O)(C(=O)OCC)c2ccc(Cl)cc2)c([2H])c([2H])c1Cl. The molecule has 1 N–H and O–H groups in total. The van der Waals surface area contributed by atoms with Crippen LogP contribution in [-0.2, 0) is 15.1 Å². The molecule has 0 saturated heterocycles. The maximum atomic E-state index is 12.5. The van der Waals surface area contributed by atoms with Crippen molar-refractivity contribution in [3.63, 3.8) is 0 Å². The van der Waals surface area contributed by atoms with Gasteiger partial charge in [-0.1, -0.05) is 47.4 Å². The lowest BCUT2D eigenvalue weighted by Crippen LogP contribution is -2.38. The van der Waals surface area contributed by atoms with Crippen molar-refractivity contribution < 1.29 is 20.1 Å². The number of hydrogen-bond acceptors (Lipinski definition) is 3. The van der Waals surface area contributed by atoms with Gasteiger partial charge in [-0.15, -0.1) is 0 Å². The normalized spacial score (nSPS) is 16.2. The molecule has 5 heteroatoms. The van der Waals surface area contributed by atoms with Crippen molar-refractivity contribution in [2.75, 3.05) is 6.61 Å². The van der Waals surface area contributed by atoms with E-state index in [1.807, 2.05) is 0 Å². The molecule has 2 rings (SSSR count). The van der Waals surface area contributed by atoms with Crippen LogP contribution < -0.4 is 0 Å². The Labute approximate surface area is 138 Å². The fourth-order valence-electron chi connectivity index (χ4n) is 1.77. The zero-order chi connectivity index (χ0) is 18.9. The Morgan fingerprint density at radius 3 is 2.24 bits per heavy atom. The molecule has 1 atom stereocenters. The van der Waals surface area contributed by atoms with Crippen LogP contribution >= 0.6 is 23.2 Å². The summed E-state index contributed by atoms with van der Waals surface area (Å²) in [6.45, 7) is 1.49. The molecule has 0 spiro atoms. The minimum absolute atomic E-state index is 0.00141. The first-order chi connectivity index (χ1) is 11.7. The summed E-state index contributed by atoms with van der Waals surface area (Å²) >= 11 is 11.6. The molecule has 2 aromatic carbocycles. The van der Waals surface area contributed by atoms with Gasteiger partial charge in [-0.25, -0.2) is 4.79 Å². The zero-order valence-electron chi connectivity index (χ0n) is 15.0. The van der Waals surface area contributed by atoms with E-state index in [4.69, 9.17) is 33.4 Å². The molecule has 2 aromatic rings. The van der Waals surface area contributed by atoms with E-state index in [0.717, 1.165) is 0 Å². The second-order valence-electron chi connectivity index (χ2n) is 4.13. The van der Waals surface area contributed by atoms with Crippen LogP contribution in [0.5, 0.6) is 0 Å². The predicted octanol–water partition coefficient (Wildman–Crippen LogP) is 3.79. The summed E-state index contributed by atoms with van der Waals surface area (Å²) in [5.74, 6) is -1.12. The molecule has 1 unspecified atom stereocenters. The molecule has 0 radical (unpaired) electrons. The van der Waals surface area contributed by atoms with Crippen LogP contribution in [0, 0.1) is 0 Å². The number of carbonyl (C=O) groups is 1. The topological polar surface area (TPSA) is 46.5 Å². The molecular formula is C16H14Cl2O3. The summed E-state index contributed by atoms with van der Waals surface area (Å²) in [6, 6.07) is 3.16. The van der Waals surface area contributed by atoms with Crippen LogP contribution in [-0.4, -0.2) is 17.7 Å². The Balaban J connectivity index is 2.87. The molecule has 0 bridgehead atoms. The Kier molecular flexibility index (Phi) is 3.42. The molecule has 0 aliphatic rings. The standard InChI is InChI=1S/C16H14Cl2O3/c1-2-21-15(19)16(20,11-3-7-13(17)8-4-11)12-5-9-14(18)10-6-12/h3-10,20H,2H2,1H3/i3D,4D,7D,8D. The number of ether oxygens (including phenoxy) is 1. The van der Waals surface area contributed by atoms with Gasteiger partial charge in [0.2, 0.25) is 5.60 Å². The second-order valence-corrected chi connectivity index (χ2v) is 4.94. The largest absolute Gasteiger partial charge is 0.463 e. The van der Waals surface area contributed by atoms with Crippen molar-refractivity contribution >= 4 is 29.2 Å². The number of esters is 1. The van der Waals surface area contributed by atoms with Crippen LogP contribution in [0.3, 0.4) is 0 Å². The lowest BCUT2D eigenvalue weighted by molar-refractivity contribution is -0.161. The monoisotopic (exact) mass is 328 g/mol. The highest BCUT2D eigenvalue weighted by Crippen LogP contribution is 2.32. The van der Waals surface area contributed by atoms with Gasteiger partial charge >= 0.3 is 5.97 Å². The van der Waals surface area contributed by atoms with Gasteiger partial charge in [0.25, 0.3) is 0 Å². The minimum Gasteiger partial charge on any atom is -0.463 e. The minimum atomic E-state index is -2.55. The van der Waals surface area contributed by atoms with Crippen LogP contribution in [0.1, 0.15) is 23.5 Å². The van der Waals surface area contributed by atoms with Crippen LogP contribution in [0.2, 0.25) is 10.0 Å². The van der Waals surface area contributed by atoms with E-state index < -0.39 is 46.3 Å². The van der Waals surface area contributed by atoms with Gasteiger partial charge in [0.1, 0.15) is 0 Å². The summed E-state index contributed by atoms with van der Waals surface area (Å²) in [5, 5.41) is 11.1. The van der Waals surface area contributed by atoms with E-state index in [1.165, 1.54) is 31.2 Å². The molecule has 0 fully saturated rings. The van der Waals surface area contributed by atoms with Gasteiger partial charge in [0.15, 0.2) is 0 Å². The van der Waals surface area contributed by atoms with Crippen LogP contribution in [0.25, 0.3) is 0 Å². The first-order valence-corrected chi connectivity index (χ1v) is 6.83. The van der Waals surface area contributed by atoms with Gasteiger partial charge in [0.05, 0.1) is 12.1 Å². The molecule has 0 aromatic heterocycles. The summed E-state index contributed by atoms with van der Waals surface area (Å²) in [5.41, 5.74) is -3.09. The summed E-state index contributed by atoms with van der Waals surface area (Å²) in [7, 11) is 0. The van der Waals surface area contributed by atoms with Gasteiger partial charge in [0, 0.05) is 10.0 Å². The fraction of sp³-hybridized carbons (Fsp3) is 0.188. The average Bonchev–Trinajstić information content (AvgIpc) is 2.59. The maximum absolute atomic E-state index is 12.5. The van der Waals surface area contributed by atoms with E-state index in [1.54, 1.807) is 0 Å². The quantitative estimate of drug-likeness (QED) is 0.868. The van der Waals surface area contributed by atoms with Crippen molar-refractivity contribution in [1.29, 1.82) is 0 Å². The predicted molar refractivity (Wildman–Crippen MR) is 82.5 cm³/mol. The average molecular weight is 329 g/mol. The van der Waals surface area contributed by atoms with Crippen LogP contribution in [0.15, 0.2) is 48.4 Å². The number of halogens is 2. The van der Waals surface area contributed by atoms with Gasteiger partial charge in [-0.05, 0) is 42.3 Å². The van der Waals surface area contributed by atoms with Crippen molar-refractivity contribution in [2.24, 2.45) is 0 Å². The molecule has 3 nitrogen and oxygen atoms in total. The summed E-state index contributed by atoms with van der Waals surface area (Å²) in [4.78, 5) is 12.5. The lowest BCUT2D eigenvalue weighted by Gasteiger charge is -2.27. The number of benzene rings is 2. The molecule has 0 aliphatic heterocycles. The Morgan fingerprint density at radius 2 is 1.71 bits per heavy atom. The number of rotatable bonds is 4. The Hall–Kier alpha value is -1.55. The molecule has 110 valence electrons. The maximum Gasteiger partial charge on any atom is 0.347 e. The second kappa shape index (κ2) is 6.48. The van der Waals surface area contributed by atoms with E-state index >= 15 is 0 Å². The number of carbonyl (C=O) groups excluding carboxylic acids is 1. The highest BCUT2D eigenvalue weighted by atomic mass is 35.5. The number of aliphatic hydroxyl groups is 1. The zero-order valence-corrected chi connectivity index (χ0v) is 12.5. The highest BCUT2D eigenvalue weighted by molar-refractivity contribution is 6.30. The molecule has 0 saturated carbocycles. The van der Waals surface area contributed by atoms with Crippen molar-refractivity contribution in [1.82, 2.24) is 0 Å². The third-order valence-corrected chi connectivity index (χ3v) is 3.23. The fourth-order valence-corrected chi connectivity index (χ4v) is 1.99. The first kappa shape index (κ1) is 11.1. The smallest absolute Gasteiger partial charge is 0.347 e. The van der Waals surface area contributed by atoms with Crippen molar-refractivity contribution in [3.8, 4) is 0 Å². The third-order valence-electron chi connectivity index (χ3n) is 2.79. The van der Waals surface area contributed by atoms with E-state index in [-0.39, 0.29) is 12.2 Å². The Bertz CT molecular complexity index is 798. The van der Waals surface area contributed by atoms with Crippen molar-refractivity contribution in [3.05, 3.63) is 69.6 Å². The Morgan fingerprint density at radius 1 is 1.14 bits per heavy atom. The highest BCUT2D eigenvalue weighted by Gasteiger charge is 2.41. The van der Waals surface area contributed by atoms with Gasteiger partial charge < -0.3 is 9.84 Å². The molecule has 21 heavy (non-hydrogen) atoms. The van der Waals surface area contributed by atoms with E-state index in [0.29, 0.717) is 5.02 Å². The molecule has 0 heterocycles. The molecular weight excluding hydrogens is 311 g/mol. The van der Waals surface area contributed by atoms with E-state index in [2.05, 4.69) is 0 Å². The van der Waals surface area contributed by atoms with E-state index in [9.17, 15) is 9.90 Å². The first-order valence-electron chi connectivity index (χ1n) is 8.08. The molecule has 0 aliphatic carbocycles. The summed E-state index contributed by atoms with van der Waals surface area (Å²) in [6.07, 6.45) is 0. The van der Waals surface area contributed by atoms with Gasteiger partial charge in [-0.3, -0.25) is 0 Å². The molecule has 0 amide bonds. The third kappa shape index (κ3) is 3.21.